The van der Waals surface area contributed by atoms with Crippen LogP contribution < -0.4 is 5.56 Å². The molecule has 1 heterocycles. The van der Waals surface area contributed by atoms with Crippen molar-refractivity contribution in [1.29, 1.82) is 0 Å². The molecule has 0 amide bonds. The maximum atomic E-state index is 13.6. The zero-order valence-corrected chi connectivity index (χ0v) is 14.0. The molecular weight excluding hydrogens is 305 g/mol. The quantitative estimate of drug-likeness (QED) is 0.858. The summed E-state index contributed by atoms with van der Waals surface area (Å²) in [5.41, 5.74) is -0.384. The minimum Gasteiger partial charge on any atom is -0.311 e. The van der Waals surface area contributed by atoms with Crippen LogP contribution in [0.2, 0.25) is 0 Å². The van der Waals surface area contributed by atoms with Gasteiger partial charge in [-0.2, -0.15) is 13.2 Å². The number of rotatable bonds is 3. The molecule has 0 bridgehead atoms. The maximum absolute atomic E-state index is 13.6. The second kappa shape index (κ2) is 6.00. The molecule has 2 rings (SSSR count). The topological polar surface area (TPSA) is 25.2 Å². The van der Waals surface area contributed by atoms with Crippen molar-refractivity contribution in [3.63, 3.8) is 0 Å². The molecule has 0 aliphatic carbocycles. The molecule has 1 aromatic heterocycles. The molecule has 0 aliphatic heterocycles. The molecule has 0 atom stereocenters. The van der Waals surface area contributed by atoms with Crippen LogP contribution in [0, 0.1) is 0 Å². The van der Waals surface area contributed by atoms with Gasteiger partial charge in [-0.05, 0) is 31.6 Å². The third-order valence-electron chi connectivity index (χ3n) is 3.86. The molecular formula is C17H21F3N2O. The Morgan fingerprint density at radius 3 is 2.30 bits per heavy atom. The number of pyridine rings is 1. The van der Waals surface area contributed by atoms with Gasteiger partial charge in [-0.1, -0.05) is 26.0 Å². The third-order valence-corrected chi connectivity index (χ3v) is 3.86. The first kappa shape index (κ1) is 17.5. The van der Waals surface area contributed by atoms with Crippen molar-refractivity contribution in [2.75, 3.05) is 14.1 Å². The Labute approximate surface area is 133 Å². The van der Waals surface area contributed by atoms with Gasteiger partial charge in [0.2, 0.25) is 0 Å². The van der Waals surface area contributed by atoms with Crippen LogP contribution in [0.4, 0.5) is 13.2 Å². The highest BCUT2D eigenvalue weighted by molar-refractivity contribution is 5.85. The van der Waals surface area contributed by atoms with Crippen LogP contribution >= 0.6 is 0 Å². The second-order valence-corrected chi connectivity index (χ2v) is 6.39. The number of benzene rings is 1. The fourth-order valence-corrected chi connectivity index (χ4v) is 2.91. The molecule has 0 saturated heterocycles. The van der Waals surface area contributed by atoms with Crippen LogP contribution in [0.25, 0.3) is 10.9 Å². The highest BCUT2D eigenvalue weighted by atomic mass is 19.4. The predicted molar refractivity (Wildman–Crippen MR) is 85.7 cm³/mol. The van der Waals surface area contributed by atoms with E-state index in [1.165, 1.54) is 17.7 Å². The Balaban J connectivity index is 2.91. The van der Waals surface area contributed by atoms with E-state index in [-0.39, 0.29) is 10.9 Å². The van der Waals surface area contributed by atoms with E-state index in [1.54, 1.807) is 26.0 Å². The number of hydrogen-bond donors (Lipinski definition) is 0. The van der Waals surface area contributed by atoms with Gasteiger partial charge < -0.3 is 9.47 Å². The van der Waals surface area contributed by atoms with Crippen LogP contribution in [0.3, 0.4) is 0 Å². The monoisotopic (exact) mass is 326 g/mol. The van der Waals surface area contributed by atoms with Gasteiger partial charge in [-0.15, -0.1) is 0 Å². The van der Waals surface area contributed by atoms with Crippen molar-refractivity contribution in [1.82, 2.24) is 9.47 Å². The molecule has 0 spiro atoms. The lowest BCUT2D eigenvalue weighted by atomic mass is 9.94. The number of alkyl halides is 3. The first-order chi connectivity index (χ1) is 10.5. The molecule has 3 nitrogen and oxygen atoms in total. The Morgan fingerprint density at radius 2 is 1.83 bits per heavy atom. The van der Waals surface area contributed by atoms with Crippen LogP contribution in [0.1, 0.15) is 36.5 Å². The Hall–Kier alpha value is -1.82. The van der Waals surface area contributed by atoms with Crippen molar-refractivity contribution >= 4 is 10.9 Å². The fourth-order valence-electron chi connectivity index (χ4n) is 2.91. The molecule has 126 valence electrons. The van der Waals surface area contributed by atoms with Crippen molar-refractivity contribution < 1.29 is 13.2 Å². The molecule has 6 heteroatoms. The minimum atomic E-state index is -4.56. The van der Waals surface area contributed by atoms with Crippen molar-refractivity contribution in [3.8, 4) is 0 Å². The lowest BCUT2D eigenvalue weighted by Gasteiger charge is -2.20. The van der Waals surface area contributed by atoms with E-state index in [9.17, 15) is 18.0 Å². The Kier molecular flexibility index (Phi) is 4.57. The van der Waals surface area contributed by atoms with Gasteiger partial charge in [0.05, 0.1) is 11.1 Å². The second-order valence-electron chi connectivity index (χ2n) is 6.39. The predicted octanol–water partition coefficient (Wildman–Crippen LogP) is 3.74. The summed E-state index contributed by atoms with van der Waals surface area (Å²) >= 11 is 0. The standard InChI is InChI=1S/C17H21F3N2O/c1-10(2)14-15(17(18,19)20)12-7-6-11(9-21(3)4)8-13(12)22(5)16(14)23/h6-8,10H,9H2,1-5H3. The van der Waals surface area contributed by atoms with Crippen molar-refractivity contribution in [3.05, 3.63) is 45.2 Å². The summed E-state index contributed by atoms with van der Waals surface area (Å²) < 4.78 is 42.1. The van der Waals surface area contributed by atoms with Crippen LogP contribution in [0.15, 0.2) is 23.0 Å². The van der Waals surface area contributed by atoms with E-state index in [4.69, 9.17) is 0 Å². The van der Waals surface area contributed by atoms with E-state index in [1.807, 2.05) is 19.0 Å². The van der Waals surface area contributed by atoms with Gasteiger partial charge in [0.15, 0.2) is 0 Å². The molecule has 0 saturated carbocycles. The smallest absolute Gasteiger partial charge is 0.311 e. The maximum Gasteiger partial charge on any atom is 0.417 e. The van der Waals surface area contributed by atoms with Crippen LogP contribution in [-0.2, 0) is 19.8 Å². The van der Waals surface area contributed by atoms with E-state index < -0.39 is 23.2 Å². The van der Waals surface area contributed by atoms with E-state index in [0.717, 1.165) is 5.56 Å². The zero-order valence-electron chi connectivity index (χ0n) is 14.0. The van der Waals surface area contributed by atoms with Crippen LogP contribution in [0.5, 0.6) is 0 Å². The summed E-state index contributed by atoms with van der Waals surface area (Å²) in [4.78, 5) is 14.4. The van der Waals surface area contributed by atoms with Crippen molar-refractivity contribution in [2.45, 2.75) is 32.5 Å². The lowest BCUT2D eigenvalue weighted by molar-refractivity contribution is -0.137. The molecule has 1 aromatic carbocycles. The molecule has 0 fully saturated rings. The Bertz CT molecular complexity index is 789. The Morgan fingerprint density at radius 1 is 1.22 bits per heavy atom. The summed E-state index contributed by atoms with van der Waals surface area (Å²) in [6, 6.07) is 4.82. The SMILES string of the molecule is CC(C)c1c(C(F)(F)F)c2ccc(CN(C)C)cc2n(C)c1=O. The molecule has 2 aromatic rings. The van der Waals surface area contributed by atoms with Crippen molar-refractivity contribution in [2.24, 2.45) is 7.05 Å². The van der Waals surface area contributed by atoms with E-state index >= 15 is 0 Å². The highest BCUT2D eigenvalue weighted by Crippen LogP contribution is 2.38. The summed E-state index contributed by atoms with van der Waals surface area (Å²) in [6.07, 6.45) is -4.56. The number of halogens is 3. The van der Waals surface area contributed by atoms with Gasteiger partial charge in [0.25, 0.3) is 5.56 Å². The van der Waals surface area contributed by atoms with Gasteiger partial charge in [-0.25, -0.2) is 0 Å². The number of hydrogen-bond acceptors (Lipinski definition) is 2. The summed E-state index contributed by atoms with van der Waals surface area (Å²) in [5, 5.41) is 0.0748. The van der Waals surface area contributed by atoms with Gasteiger partial charge in [0, 0.05) is 24.5 Å². The van der Waals surface area contributed by atoms with Gasteiger partial charge >= 0.3 is 6.18 Å². The highest BCUT2D eigenvalue weighted by Gasteiger charge is 2.38. The normalized spacial score (nSPS) is 12.6. The minimum absolute atomic E-state index is 0.0748. The van der Waals surface area contributed by atoms with Crippen LogP contribution in [-0.4, -0.2) is 23.6 Å². The average Bonchev–Trinajstić information content (AvgIpc) is 2.40. The van der Waals surface area contributed by atoms with E-state index in [2.05, 4.69) is 0 Å². The first-order valence-electron chi connectivity index (χ1n) is 7.41. The molecule has 0 unspecified atom stereocenters. The number of fused-ring (bicyclic) bond motifs is 1. The van der Waals surface area contributed by atoms with E-state index in [0.29, 0.717) is 12.1 Å². The largest absolute Gasteiger partial charge is 0.417 e. The van der Waals surface area contributed by atoms with Gasteiger partial charge in [-0.3, -0.25) is 4.79 Å². The average molecular weight is 326 g/mol. The summed E-state index contributed by atoms with van der Waals surface area (Å²) in [7, 11) is 5.29. The molecule has 0 aliphatic rings. The fraction of sp³-hybridized carbons (Fsp3) is 0.471. The molecule has 0 N–H and O–H groups in total. The lowest BCUT2D eigenvalue weighted by Crippen LogP contribution is -2.28. The summed E-state index contributed by atoms with van der Waals surface area (Å²) in [6.45, 7) is 3.81. The first-order valence-corrected chi connectivity index (χ1v) is 7.41. The van der Waals surface area contributed by atoms with Gasteiger partial charge in [0.1, 0.15) is 0 Å². The molecule has 23 heavy (non-hydrogen) atoms. The number of aryl methyl sites for hydroxylation is 1. The number of nitrogens with zero attached hydrogens (tertiary/aromatic N) is 2. The third kappa shape index (κ3) is 3.27. The summed E-state index contributed by atoms with van der Waals surface area (Å²) in [5.74, 6) is -0.504. The zero-order chi connectivity index (χ0) is 17.5. The number of aromatic nitrogens is 1. The molecule has 0 radical (unpaired) electrons.